The van der Waals surface area contributed by atoms with Crippen LogP contribution in [0.25, 0.3) is 83.3 Å². The monoisotopic (exact) mass is 721 g/mol. The Hall–Kier alpha value is -6.87. The van der Waals surface area contributed by atoms with Gasteiger partial charge in [-0.15, -0.1) is 0 Å². The maximum Gasteiger partial charge on any atom is 0.172 e. The number of hydrogen-bond donors (Lipinski definition) is 0. The van der Waals surface area contributed by atoms with Crippen LogP contribution in [0.15, 0.2) is 194 Å². The number of benzene rings is 8. The first-order valence-corrected chi connectivity index (χ1v) is 20.2. The molecule has 258 valence electrons. The van der Waals surface area contributed by atoms with E-state index < -0.39 is 7.14 Å². The molecule has 2 aromatic heterocycles. The highest BCUT2D eigenvalue weighted by atomic mass is 31.2. The van der Waals surface area contributed by atoms with Crippen molar-refractivity contribution in [2.45, 2.75) is 0 Å². The van der Waals surface area contributed by atoms with Gasteiger partial charge in [0.25, 0.3) is 0 Å². The molecule has 1 aliphatic heterocycles. The lowest BCUT2D eigenvalue weighted by Gasteiger charge is -2.16. The maximum absolute atomic E-state index is 15.8. The Bertz CT molecular complexity index is 3160. The van der Waals surface area contributed by atoms with Crippen LogP contribution in [0, 0.1) is 0 Å². The standard InChI is InChI=1S/C50H32N3OP/c54-55(38-19-8-3-9-20-38)46-23-13-12-22-40(46)41-30-42-45(32-47(41)55)53(44-29-28-35-16-10-11-21-39(35)49(42)44)48-31-43(51-50(52-48)37-17-6-2-7-18-37)36-26-24-34(25-27-36)33-14-4-1-5-15-33/h1-32H. The van der Waals surface area contributed by atoms with Crippen molar-refractivity contribution in [1.29, 1.82) is 0 Å². The summed E-state index contributed by atoms with van der Waals surface area (Å²) in [6.45, 7) is 0. The van der Waals surface area contributed by atoms with E-state index in [-0.39, 0.29) is 0 Å². The molecule has 3 heterocycles. The third kappa shape index (κ3) is 4.89. The third-order valence-corrected chi connectivity index (χ3v) is 14.2. The fourth-order valence-electron chi connectivity index (χ4n) is 8.44. The summed E-state index contributed by atoms with van der Waals surface area (Å²) in [5.41, 5.74) is 9.11. The van der Waals surface area contributed by atoms with Gasteiger partial charge < -0.3 is 4.57 Å². The lowest BCUT2D eigenvalue weighted by molar-refractivity contribution is 0.593. The predicted octanol–water partition coefficient (Wildman–Crippen LogP) is 11.3. The SMILES string of the molecule is O=P1(c2ccccc2)c2ccccc2-c2cc3c4c5ccccc5ccc4n(-c4cc(-c5ccc(-c6ccccc6)cc5)nc(-c5ccccc5)n4)c3cc21. The fourth-order valence-corrected chi connectivity index (χ4v) is 11.5. The zero-order valence-corrected chi connectivity index (χ0v) is 30.6. The molecule has 0 fully saturated rings. The summed E-state index contributed by atoms with van der Waals surface area (Å²) < 4.78 is 18.0. The minimum Gasteiger partial charge on any atom is -0.309 e. The van der Waals surface area contributed by atoms with Gasteiger partial charge in [0.05, 0.1) is 16.7 Å². The molecule has 55 heavy (non-hydrogen) atoms. The number of fused-ring (bicyclic) bond motifs is 8. The Morgan fingerprint density at radius 3 is 1.85 bits per heavy atom. The molecule has 1 aliphatic rings. The second-order valence-electron chi connectivity index (χ2n) is 14.1. The number of hydrogen-bond acceptors (Lipinski definition) is 3. The normalized spacial score (nSPS) is 14.7. The van der Waals surface area contributed by atoms with Crippen molar-refractivity contribution < 1.29 is 4.57 Å². The minimum atomic E-state index is -3.20. The van der Waals surface area contributed by atoms with E-state index in [9.17, 15) is 0 Å². The predicted molar refractivity (Wildman–Crippen MR) is 229 cm³/mol. The summed E-state index contributed by atoms with van der Waals surface area (Å²) in [5.74, 6) is 1.39. The van der Waals surface area contributed by atoms with E-state index in [4.69, 9.17) is 9.97 Å². The smallest absolute Gasteiger partial charge is 0.172 e. The van der Waals surface area contributed by atoms with Gasteiger partial charge in [-0.05, 0) is 51.2 Å². The van der Waals surface area contributed by atoms with Gasteiger partial charge in [-0.2, -0.15) is 0 Å². The first-order chi connectivity index (χ1) is 27.1. The number of rotatable bonds is 5. The first-order valence-electron chi connectivity index (χ1n) is 18.5. The quantitative estimate of drug-likeness (QED) is 0.166. The van der Waals surface area contributed by atoms with Gasteiger partial charge in [0, 0.05) is 43.9 Å². The Kier molecular flexibility index (Phi) is 7.10. The van der Waals surface area contributed by atoms with Crippen molar-refractivity contribution in [2.24, 2.45) is 0 Å². The van der Waals surface area contributed by atoms with Crippen molar-refractivity contribution in [3.8, 4) is 50.7 Å². The Morgan fingerprint density at radius 1 is 0.436 bits per heavy atom. The zero-order chi connectivity index (χ0) is 36.5. The highest BCUT2D eigenvalue weighted by molar-refractivity contribution is 7.86. The van der Waals surface area contributed by atoms with Crippen molar-refractivity contribution in [1.82, 2.24) is 14.5 Å². The summed E-state index contributed by atoms with van der Waals surface area (Å²) in [7, 11) is -3.20. The Labute approximate surface area is 318 Å². The molecule has 0 saturated carbocycles. The summed E-state index contributed by atoms with van der Waals surface area (Å²) in [6.07, 6.45) is 0. The number of aromatic nitrogens is 3. The van der Waals surface area contributed by atoms with Gasteiger partial charge in [0.1, 0.15) is 5.82 Å². The van der Waals surface area contributed by atoms with Crippen LogP contribution in [0.1, 0.15) is 0 Å². The van der Waals surface area contributed by atoms with Crippen LogP contribution in [-0.2, 0) is 4.57 Å². The third-order valence-electron chi connectivity index (χ3n) is 11.0. The Balaban J connectivity index is 1.22. The maximum atomic E-state index is 15.8. The first kappa shape index (κ1) is 31.6. The second-order valence-corrected chi connectivity index (χ2v) is 16.8. The second kappa shape index (κ2) is 12.3. The molecule has 1 unspecified atom stereocenters. The van der Waals surface area contributed by atoms with E-state index in [2.05, 4.69) is 126 Å². The molecule has 0 amide bonds. The van der Waals surface area contributed by atoms with E-state index >= 15 is 4.57 Å². The molecule has 0 saturated heterocycles. The Morgan fingerprint density at radius 2 is 1.07 bits per heavy atom. The van der Waals surface area contributed by atoms with Gasteiger partial charge in [0.15, 0.2) is 13.0 Å². The van der Waals surface area contributed by atoms with Gasteiger partial charge in [-0.25, -0.2) is 9.97 Å². The van der Waals surface area contributed by atoms with Crippen molar-refractivity contribution in [3.05, 3.63) is 194 Å². The molecule has 5 heteroatoms. The minimum absolute atomic E-state index is 0.638. The molecular formula is C50H32N3OP. The lowest BCUT2D eigenvalue weighted by atomic mass is 10.0. The number of nitrogens with zero attached hydrogens (tertiary/aromatic N) is 3. The van der Waals surface area contributed by atoms with E-state index in [1.165, 1.54) is 5.56 Å². The topological polar surface area (TPSA) is 47.8 Å². The largest absolute Gasteiger partial charge is 0.309 e. The zero-order valence-electron chi connectivity index (χ0n) is 29.7. The van der Waals surface area contributed by atoms with Gasteiger partial charge in [0.2, 0.25) is 0 Å². The van der Waals surface area contributed by atoms with E-state index in [0.29, 0.717) is 5.82 Å². The van der Waals surface area contributed by atoms with Crippen LogP contribution in [0.4, 0.5) is 0 Å². The average Bonchev–Trinajstić information content (AvgIpc) is 3.73. The van der Waals surface area contributed by atoms with E-state index in [1.54, 1.807) is 0 Å². The summed E-state index contributed by atoms with van der Waals surface area (Å²) in [5, 5.41) is 7.14. The van der Waals surface area contributed by atoms with Crippen LogP contribution >= 0.6 is 7.14 Å². The highest BCUT2D eigenvalue weighted by Crippen LogP contribution is 2.53. The van der Waals surface area contributed by atoms with Crippen LogP contribution in [0.5, 0.6) is 0 Å². The van der Waals surface area contributed by atoms with Crippen LogP contribution in [0.2, 0.25) is 0 Å². The van der Waals surface area contributed by atoms with E-state index in [0.717, 1.165) is 87.8 Å². The lowest BCUT2D eigenvalue weighted by Crippen LogP contribution is -2.20. The van der Waals surface area contributed by atoms with Gasteiger partial charge >= 0.3 is 0 Å². The van der Waals surface area contributed by atoms with Crippen molar-refractivity contribution in [3.63, 3.8) is 0 Å². The van der Waals surface area contributed by atoms with Gasteiger partial charge in [-0.3, -0.25) is 4.57 Å². The molecule has 1 atom stereocenters. The molecule has 4 nitrogen and oxygen atoms in total. The molecular weight excluding hydrogens is 690 g/mol. The van der Waals surface area contributed by atoms with Crippen molar-refractivity contribution in [2.75, 3.05) is 0 Å². The van der Waals surface area contributed by atoms with Gasteiger partial charge in [-0.1, -0.05) is 170 Å². The van der Waals surface area contributed by atoms with Crippen molar-refractivity contribution >= 4 is 55.6 Å². The molecule has 8 aromatic carbocycles. The highest BCUT2D eigenvalue weighted by Gasteiger charge is 2.41. The molecule has 10 aromatic rings. The summed E-state index contributed by atoms with van der Waals surface area (Å²) in [4.78, 5) is 10.5. The van der Waals surface area contributed by atoms with Crippen LogP contribution in [-0.4, -0.2) is 14.5 Å². The molecule has 11 rings (SSSR count). The molecule has 0 spiro atoms. The van der Waals surface area contributed by atoms with Crippen LogP contribution in [0.3, 0.4) is 0 Å². The molecule has 0 aliphatic carbocycles. The average molecular weight is 722 g/mol. The molecule has 0 bridgehead atoms. The van der Waals surface area contributed by atoms with E-state index in [1.807, 2.05) is 72.8 Å². The summed E-state index contributed by atoms with van der Waals surface area (Å²) >= 11 is 0. The van der Waals surface area contributed by atoms with Crippen LogP contribution < -0.4 is 15.9 Å². The fraction of sp³-hybridized carbons (Fsp3) is 0. The summed E-state index contributed by atoms with van der Waals surface area (Å²) in [6, 6.07) is 66.9. The molecule has 0 N–H and O–H groups in total. The molecule has 0 radical (unpaired) electrons.